The summed E-state index contributed by atoms with van der Waals surface area (Å²) < 4.78 is 1.29. The molecule has 0 bridgehead atoms. The molecule has 3 heterocycles. The number of carbonyl (C=O) groups excluding carboxylic acids is 1. The van der Waals surface area contributed by atoms with Gasteiger partial charge in [0.2, 0.25) is 0 Å². The molecule has 4 nitrogen and oxygen atoms in total. The summed E-state index contributed by atoms with van der Waals surface area (Å²) in [5.74, 6) is 1.15. The Balaban J connectivity index is 0.000000347. The van der Waals surface area contributed by atoms with Gasteiger partial charge in [-0.15, -0.1) is 40.5 Å². The van der Waals surface area contributed by atoms with Gasteiger partial charge in [0.25, 0.3) is 0 Å². The number of rotatable bonds is 11. The van der Waals surface area contributed by atoms with Crippen LogP contribution in [0.5, 0.6) is 0 Å². The van der Waals surface area contributed by atoms with Crippen molar-refractivity contribution < 1.29 is 30.0 Å². The van der Waals surface area contributed by atoms with Crippen LogP contribution in [0.15, 0.2) is 78.8 Å². The number of nitrogens with zero attached hydrogens (tertiary/aromatic N) is 2. The quantitative estimate of drug-likeness (QED) is 0.0817. The van der Waals surface area contributed by atoms with Crippen molar-refractivity contribution in [1.29, 1.82) is 0 Å². The maximum atomic E-state index is 11.7. The van der Waals surface area contributed by atoms with Crippen LogP contribution in [0, 0.1) is 23.8 Å². The van der Waals surface area contributed by atoms with Gasteiger partial charge < -0.3 is 5.11 Å². The van der Waals surface area contributed by atoms with E-state index < -0.39 is 0 Å². The van der Waals surface area contributed by atoms with Crippen LogP contribution < -0.4 is 0 Å². The SMILES string of the molecule is CC(C)Cc1cc2sc(-c3ccnc(-c4[c-]c5ccccc5c(C(C)(C)C)c4)c3)cc2cn1.CCC(CC)C(=O)/C=C(\O)C(CC)CC.[Ir]. The second kappa shape index (κ2) is 18.2. The number of carbonyl (C=O) groups is 1. The zero-order valence-electron chi connectivity index (χ0n) is 30.7. The van der Waals surface area contributed by atoms with Gasteiger partial charge in [-0.05, 0) is 67.2 Å². The summed E-state index contributed by atoms with van der Waals surface area (Å²) >= 11 is 1.83. The average Bonchev–Trinajstić information content (AvgIpc) is 3.49. The van der Waals surface area contributed by atoms with Crippen LogP contribution in [0.1, 0.15) is 99.3 Å². The van der Waals surface area contributed by atoms with E-state index in [2.05, 4.69) is 100 Å². The third kappa shape index (κ3) is 10.4. The summed E-state index contributed by atoms with van der Waals surface area (Å²) in [6, 6.07) is 23.2. The summed E-state index contributed by atoms with van der Waals surface area (Å²) in [6.07, 6.45) is 9.85. The Bertz CT molecular complexity index is 1860. The van der Waals surface area contributed by atoms with E-state index in [0.717, 1.165) is 48.7 Å². The number of aliphatic hydroxyl groups excluding tert-OH is 1. The van der Waals surface area contributed by atoms with E-state index in [9.17, 15) is 9.90 Å². The van der Waals surface area contributed by atoms with Crippen LogP contribution in [0.25, 0.3) is 42.6 Å². The molecule has 3 aromatic heterocycles. The average molecular weight is 854 g/mol. The van der Waals surface area contributed by atoms with Gasteiger partial charge in [-0.2, -0.15) is 0 Å². The Morgan fingerprint density at radius 1 is 0.918 bits per heavy atom. The van der Waals surface area contributed by atoms with Crippen molar-refractivity contribution in [3.8, 4) is 21.7 Å². The number of thiophene rings is 1. The van der Waals surface area contributed by atoms with Gasteiger partial charge in [0, 0.05) is 76.8 Å². The molecule has 2 aromatic carbocycles. The van der Waals surface area contributed by atoms with Gasteiger partial charge >= 0.3 is 0 Å². The summed E-state index contributed by atoms with van der Waals surface area (Å²) in [7, 11) is 0. The molecule has 0 saturated heterocycles. The molecule has 1 radical (unpaired) electrons. The third-order valence-corrected chi connectivity index (χ3v) is 10.2. The van der Waals surface area contributed by atoms with Crippen LogP contribution in [0.3, 0.4) is 0 Å². The molecule has 49 heavy (non-hydrogen) atoms. The van der Waals surface area contributed by atoms with Crippen LogP contribution >= 0.6 is 11.3 Å². The van der Waals surface area contributed by atoms with Crippen LogP contribution in [0.2, 0.25) is 0 Å². The smallest absolute Gasteiger partial charge is 0.162 e. The Hall–Kier alpha value is -3.18. The topological polar surface area (TPSA) is 63.1 Å². The fraction of sp³-hybridized carbons (Fsp3) is 0.419. The zero-order valence-corrected chi connectivity index (χ0v) is 33.9. The van der Waals surface area contributed by atoms with Gasteiger partial charge in [-0.1, -0.05) is 97.5 Å². The largest absolute Gasteiger partial charge is 0.512 e. The molecule has 0 amide bonds. The van der Waals surface area contributed by atoms with E-state index in [4.69, 9.17) is 4.98 Å². The van der Waals surface area contributed by atoms with E-state index in [-0.39, 0.29) is 48.9 Å². The van der Waals surface area contributed by atoms with Crippen molar-refractivity contribution in [1.82, 2.24) is 9.97 Å². The van der Waals surface area contributed by atoms with Gasteiger partial charge in [-0.3, -0.25) is 14.8 Å². The first-order chi connectivity index (χ1) is 22.9. The standard InChI is InChI=1S/C30H29N2S.C13H24O2.Ir/c1-19(2)12-24-17-29-23(18-32-24)16-28(33-29)21-10-11-31-27(15-21)22-13-20-8-6-7-9-25(20)26(14-22)30(3,4)5;1-5-10(6-2)12(14)9-13(15)11(7-3)8-4;/h6-11,14-19H,12H2,1-5H3;9-11,14H,5-8H2,1-4H3;/q-1;;/b;12-9-;. The number of hydrogen-bond acceptors (Lipinski definition) is 5. The molecule has 0 aliphatic carbocycles. The predicted octanol–water partition coefficient (Wildman–Crippen LogP) is 12.3. The zero-order chi connectivity index (χ0) is 35.0. The molecule has 0 aliphatic heterocycles. The summed E-state index contributed by atoms with van der Waals surface area (Å²) in [6.45, 7) is 19.3. The van der Waals surface area contributed by atoms with Gasteiger partial charge in [0.15, 0.2) is 5.78 Å². The number of fused-ring (bicyclic) bond motifs is 2. The molecule has 5 rings (SSSR count). The Morgan fingerprint density at radius 3 is 2.22 bits per heavy atom. The fourth-order valence-corrected chi connectivity index (χ4v) is 7.24. The predicted molar refractivity (Wildman–Crippen MR) is 206 cm³/mol. The minimum atomic E-state index is 0. The monoisotopic (exact) mass is 854 g/mol. The normalized spacial score (nSPS) is 12.0. The summed E-state index contributed by atoms with van der Waals surface area (Å²) in [5, 5.41) is 13.4. The van der Waals surface area contributed by atoms with Crippen molar-refractivity contribution in [2.24, 2.45) is 17.8 Å². The number of allylic oxidation sites excluding steroid dienone is 2. The van der Waals surface area contributed by atoms with E-state index in [0.29, 0.717) is 5.92 Å². The van der Waals surface area contributed by atoms with Crippen molar-refractivity contribution in [2.75, 3.05) is 0 Å². The van der Waals surface area contributed by atoms with Gasteiger partial charge in [-0.25, -0.2) is 0 Å². The molecule has 1 N–H and O–H groups in total. The van der Waals surface area contributed by atoms with Crippen molar-refractivity contribution in [2.45, 2.75) is 99.8 Å². The molecule has 0 unspecified atom stereocenters. The maximum absolute atomic E-state index is 11.7. The fourth-order valence-electron chi connectivity index (χ4n) is 6.15. The Kier molecular flexibility index (Phi) is 14.9. The van der Waals surface area contributed by atoms with E-state index in [1.54, 1.807) is 0 Å². The van der Waals surface area contributed by atoms with Crippen LogP contribution in [-0.2, 0) is 36.7 Å². The molecule has 0 saturated carbocycles. The number of benzene rings is 2. The van der Waals surface area contributed by atoms with Gasteiger partial charge in [0.05, 0.1) is 5.76 Å². The molecule has 5 aromatic rings. The number of aliphatic hydroxyl groups is 1. The third-order valence-electron chi connectivity index (χ3n) is 9.06. The van der Waals surface area contributed by atoms with Gasteiger partial charge in [0.1, 0.15) is 0 Å². The number of hydrogen-bond donors (Lipinski definition) is 1. The summed E-state index contributed by atoms with van der Waals surface area (Å²) in [4.78, 5) is 22.4. The molecule has 6 heteroatoms. The second-order valence-electron chi connectivity index (χ2n) is 14.2. The minimum Gasteiger partial charge on any atom is -0.512 e. The molecule has 263 valence electrons. The van der Waals surface area contributed by atoms with E-state index >= 15 is 0 Å². The molecule has 0 atom stereocenters. The Morgan fingerprint density at radius 2 is 1.59 bits per heavy atom. The molecular formula is C43H53IrN2O2S-. The molecular weight excluding hydrogens is 801 g/mol. The van der Waals surface area contributed by atoms with E-state index in [1.807, 2.05) is 51.4 Å². The number of pyridine rings is 2. The molecule has 0 fully saturated rings. The van der Waals surface area contributed by atoms with Crippen molar-refractivity contribution in [3.05, 3.63) is 96.1 Å². The minimum absolute atomic E-state index is 0. The maximum Gasteiger partial charge on any atom is 0.162 e. The Labute approximate surface area is 311 Å². The summed E-state index contributed by atoms with van der Waals surface area (Å²) in [5.41, 5.74) is 5.71. The number of ketones is 1. The number of aromatic nitrogens is 2. The first-order valence-electron chi connectivity index (χ1n) is 17.6. The first kappa shape index (κ1) is 40.3. The first-order valence-corrected chi connectivity index (χ1v) is 18.4. The van der Waals surface area contributed by atoms with E-state index in [1.165, 1.54) is 43.2 Å². The molecule has 0 spiro atoms. The molecule has 0 aliphatic rings. The van der Waals surface area contributed by atoms with Crippen LogP contribution in [-0.4, -0.2) is 20.9 Å². The van der Waals surface area contributed by atoms with Crippen LogP contribution in [0.4, 0.5) is 0 Å². The second-order valence-corrected chi connectivity index (χ2v) is 15.3. The van der Waals surface area contributed by atoms with Crippen molar-refractivity contribution in [3.63, 3.8) is 0 Å². The van der Waals surface area contributed by atoms with Crippen molar-refractivity contribution >= 4 is 38.0 Å².